The van der Waals surface area contributed by atoms with E-state index in [1.54, 1.807) is 36.2 Å². The van der Waals surface area contributed by atoms with Crippen LogP contribution in [-0.4, -0.2) is 48.9 Å². The molecule has 0 spiro atoms. The zero-order valence-electron chi connectivity index (χ0n) is 13.9. The molecule has 0 aliphatic rings. The molecule has 0 aliphatic carbocycles. The van der Waals surface area contributed by atoms with Crippen molar-refractivity contribution in [3.63, 3.8) is 0 Å². The Hall–Kier alpha value is -2.94. The van der Waals surface area contributed by atoms with Gasteiger partial charge in [-0.25, -0.2) is 4.39 Å². The zero-order valence-corrected chi connectivity index (χ0v) is 14.7. The molecule has 0 radical (unpaired) electrons. The molecule has 3 aromatic rings. The second-order valence-electron chi connectivity index (χ2n) is 5.55. The molecule has 3 rings (SSSR count). The quantitative estimate of drug-likeness (QED) is 0.667. The number of amides is 1. The van der Waals surface area contributed by atoms with E-state index < -0.39 is 0 Å². The molecule has 9 heteroatoms. The summed E-state index contributed by atoms with van der Waals surface area (Å²) < 4.78 is 14.4. The van der Waals surface area contributed by atoms with E-state index >= 15 is 0 Å². The van der Waals surface area contributed by atoms with Crippen LogP contribution in [0.15, 0.2) is 53.7 Å². The van der Waals surface area contributed by atoms with Gasteiger partial charge in [0.1, 0.15) is 11.6 Å². The highest BCUT2D eigenvalue weighted by atomic mass is 32.2. The van der Waals surface area contributed by atoms with Crippen LogP contribution >= 0.6 is 11.8 Å². The Labute approximate surface area is 153 Å². The highest BCUT2D eigenvalue weighted by molar-refractivity contribution is 7.99. The second kappa shape index (κ2) is 7.96. The lowest BCUT2D eigenvalue weighted by atomic mass is 10.2. The van der Waals surface area contributed by atoms with Crippen LogP contribution in [0.5, 0.6) is 5.75 Å². The maximum Gasteiger partial charge on any atom is 0.233 e. The fraction of sp³-hybridized carbons (Fsp3) is 0.176. The molecular formula is C17H16FN5O2S. The van der Waals surface area contributed by atoms with Crippen LogP contribution in [0.1, 0.15) is 5.56 Å². The first-order valence-corrected chi connectivity index (χ1v) is 8.70. The van der Waals surface area contributed by atoms with Gasteiger partial charge in [-0.3, -0.25) is 4.79 Å². The van der Waals surface area contributed by atoms with Gasteiger partial charge in [0.05, 0.1) is 11.4 Å². The number of nitrogens with zero attached hydrogens (tertiary/aromatic N) is 5. The Balaban J connectivity index is 1.60. The van der Waals surface area contributed by atoms with Gasteiger partial charge in [0.15, 0.2) is 0 Å². The van der Waals surface area contributed by atoms with Crippen LogP contribution in [0.25, 0.3) is 5.69 Å². The largest absolute Gasteiger partial charge is 0.508 e. The topological polar surface area (TPSA) is 84.1 Å². The summed E-state index contributed by atoms with van der Waals surface area (Å²) in [6, 6.07) is 12.5. The third-order valence-corrected chi connectivity index (χ3v) is 4.52. The van der Waals surface area contributed by atoms with Crippen molar-refractivity contribution in [2.75, 3.05) is 12.8 Å². The number of tetrazole rings is 1. The number of rotatable bonds is 6. The average molecular weight is 373 g/mol. The minimum absolute atomic E-state index is 0.0976. The normalized spacial score (nSPS) is 10.7. The van der Waals surface area contributed by atoms with Crippen LogP contribution in [0.2, 0.25) is 0 Å². The monoisotopic (exact) mass is 373 g/mol. The number of phenolic OH excluding ortho intramolecular Hbond substituents is 1. The molecule has 1 amide bonds. The minimum atomic E-state index is -0.306. The number of phenols is 1. The highest BCUT2D eigenvalue weighted by Crippen LogP contribution is 2.20. The number of carbonyl (C=O) groups excluding carboxylic acids is 1. The van der Waals surface area contributed by atoms with E-state index in [0.29, 0.717) is 17.4 Å². The van der Waals surface area contributed by atoms with Gasteiger partial charge in [0.25, 0.3) is 0 Å². The van der Waals surface area contributed by atoms with E-state index in [-0.39, 0.29) is 23.2 Å². The number of aromatic hydroxyl groups is 1. The number of benzene rings is 2. The van der Waals surface area contributed by atoms with Gasteiger partial charge < -0.3 is 10.0 Å². The van der Waals surface area contributed by atoms with Crippen molar-refractivity contribution >= 4 is 17.7 Å². The number of carbonyl (C=O) groups is 1. The first-order chi connectivity index (χ1) is 12.5. The minimum Gasteiger partial charge on any atom is -0.508 e. The first kappa shape index (κ1) is 17.9. The van der Waals surface area contributed by atoms with Crippen LogP contribution in [0.4, 0.5) is 4.39 Å². The second-order valence-corrected chi connectivity index (χ2v) is 6.50. The molecule has 1 N–H and O–H groups in total. The lowest BCUT2D eigenvalue weighted by Crippen LogP contribution is -2.27. The number of halogens is 1. The number of hydrogen-bond acceptors (Lipinski definition) is 6. The van der Waals surface area contributed by atoms with E-state index in [4.69, 9.17) is 0 Å². The van der Waals surface area contributed by atoms with Crippen LogP contribution in [0.3, 0.4) is 0 Å². The predicted octanol–water partition coefficient (Wildman–Crippen LogP) is 2.26. The Morgan fingerprint density at radius 3 is 2.58 bits per heavy atom. The van der Waals surface area contributed by atoms with E-state index in [0.717, 1.165) is 5.56 Å². The van der Waals surface area contributed by atoms with E-state index in [1.165, 1.54) is 40.7 Å². The van der Waals surface area contributed by atoms with Crippen LogP contribution in [-0.2, 0) is 11.3 Å². The van der Waals surface area contributed by atoms with E-state index in [2.05, 4.69) is 15.5 Å². The van der Waals surface area contributed by atoms with Crippen molar-refractivity contribution in [1.82, 2.24) is 25.1 Å². The summed E-state index contributed by atoms with van der Waals surface area (Å²) in [5, 5.41) is 21.3. The van der Waals surface area contributed by atoms with Gasteiger partial charge in [0.2, 0.25) is 11.1 Å². The van der Waals surface area contributed by atoms with Gasteiger partial charge in [-0.05, 0) is 52.4 Å². The molecule has 1 heterocycles. The molecular weight excluding hydrogens is 357 g/mol. The SMILES string of the molecule is CN(Cc1ccc(F)cc1)C(=O)CSc1nnnn1-c1ccc(O)cc1. The summed E-state index contributed by atoms with van der Waals surface area (Å²) >= 11 is 1.22. The predicted molar refractivity (Wildman–Crippen MR) is 94.4 cm³/mol. The maximum atomic E-state index is 12.9. The van der Waals surface area contributed by atoms with Gasteiger partial charge in [-0.1, -0.05) is 23.9 Å². The van der Waals surface area contributed by atoms with Gasteiger partial charge >= 0.3 is 0 Å². The summed E-state index contributed by atoms with van der Waals surface area (Å²) in [4.78, 5) is 13.9. The fourth-order valence-electron chi connectivity index (χ4n) is 2.21. The van der Waals surface area contributed by atoms with Crippen LogP contribution in [0, 0.1) is 5.82 Å². The molecule has 7 nitrogen and oxygen atoms in total. The Morgan fingerprint density at radius 1 is 1.19 bits per heavy atom. The highest BCUT2D eigenvalue weighted by Gasteiger charge is 2.14. The van der Waals surface area contributed by atoms with E-state index in [1.807, 2.05) is 0 Å². The zero-order chi connectivity index (χ0) is 18.5. The summed E-state index contributed by atoms with van der Waals surface area (Å²) in [7, 11) is 1.69. The number of hydrogen-bond donors (Lipinski definition) is 1. The van der Waals surface area contributed by atoms with Crippen molar-refractivity contribution in [2.45, 2.75) is 11.7 Å². The molecule has 0 aliphatic heterocycles. The molecule has 0 saturated heterocycles. The van der Waals surface area contributed by atoms with Gasteiger partial charge in [-0.2, -0.15) is 4.68 Å². The van der Waals surface area contributed by atoms with Crippen molar-refractivity contribution in [3.05, 3.63) is 59.9 Å². The smallest absolute Gasteiger partial charge is 0.233 e. The summed E-state index contributed by atoms with van der Waals surface area (Å²) in [5.74, 6) is -0.0940. The Morgan fingerprint density at radius 2 is 1.88 bits per heavy atom. The maximum absolute atomic E-state index is 12.9. The first-order valence-electron chi connectivity index (χ1n) is 7.72. The fourth-order valence-corrected chi connectivity index (χ4v) is 3.04. The molecule has 134 valence electrons. The lowest BCUT2D eigenvalue weighted by molar-refractivity contribution is -0.127. The van der Waals surface area contributed by atoms with Gasteiger partial charge in [0, 0.05) is 13.6 Å². The lowest BCUT2D eigenvalue weighted by Gasteiger charge is -2.17. The molecule has 0 atom stereocenters. The molecule has 1 aromatic heterocycles. The Kier molecular flexibility index (Phi) is 5.47. The van der Waals surface area contributed by atoms with Crippen molar-refractivity contribution < 1.29 is 14.3 Å². The molecule has 0 saturated carbocycles. The van der Waals surface area contributed by atoms with Crippen molar-refractivity contribution in [1.29, 1.82) is 0 Å². The molecule has 0 unspecified atom stereocenters. The third-order valence-electron chi connectivity index (χ3n) is 3.62. The van der Waals surface area contributed by atoms with Crippen molar-refractivity contribution in [2.24, 2.45) is 0 Å². The number of thioether (sulfide) groups is 1. The average Bonchev–Trinajstić information content (AvgIpc) is 3.10. The molecule has 0 fully saturated rings. The number of aromatic nitrogens is 4. The van der Waals surface area contributed by atoms with Crippen LogP contribution < -0.4 is 0 Å². The third kappa shape index (κ3) is 4.37. The summed E-state index contributed by atoms with van der Waals surface area (Å²) in [6.45, 7) is 0.391. The summed E-state index contributed by atoms with van der Waals surface area (Å²) in [5.41, 5.74) is 1.53. The standard InChI is InChI=1S/C17H16FN5O2S/c1-22(10-12-2-4-13(18)5-3-12)16(25)11-26-17-19-20-21-23(17)14-6-8-15(24)9-7-14/h2-9,24H,10-11H2,1H3. The molecule has 2 aromatic carbocycles. The van der Waals surface area contributed by atoms with Crippen molar-refractivity contribution in [3.8, 4) is 11.4 Å². The molecule has 0 bridgehead atoms. The molecule has 26 heavy (non-hydrogen) atoms. The van der Waals surface area contributed by atoms with Gasteiger partial charge in [-0.15, -0.1) is 5.10 Å². The van der Waals surface area contributed by atoms with E-state index in [9.17, 15) is 14.3 Å². The summed E-state index contributed by atoms with van der Waals surface area (Å²) in [6.07, 6.45) is 0. The Bertz CT molecular complexity index is 883.